The van der Waals surface area contributed by atoms with Gasteiger partial charge in [-0.1, -0.05) is 167 Å². The lowest BCUT2D eigenvalue weighted by molar-refractivity contribution is 0.101. The van der Waals surface area contributed by atoms with E-state index in [1.165, 1.54) is 89.5 Å². The van der Waals surface area contributed by atoms with Crippen LogP contribution in [0.3, 0.4) is 0 Å². The number of hydrogen-bond donors (Lipinski definition) is 0. The minimum Gasteiger partial charge on any atom is -0.310 e. The van der Waals surface area contributed by atoms with Crippen molar-refractivity contribution in [3.8, 4) is 44.5 Å². The first kappa shape index (κ1) is 37.8. The molecule has 0 aliphatic heterocycles. The molecule has 7 aromatic rings. The summed E-state index contributed by atoms with van der Waals surface area (Å²) in [5.41, 5.74) is 20.1. The zero-order chi connectivity index (χ0) is 41.3. The summed E-state index contributed by atoms with van der Waals surface area (Å²) in [6.07, 6.45) is 14.0. The molecule has 0 aromatic heterocycles. The van der Waals surface area contributed by atoms with Crippen LogP contribution in [0.4, 0.5) is 17.1 Å². The molecule has 4 saturated carbocycles. The van der Waals surface area contributed by atoms with Crippen molar-refractivity contribution in [1.29, 1.82) is 0 Å². The van der Waals surface area contributed by atoms with Gasteiger partial charge in [-0.2, -0.15) is 0 Å². The highest BCUT2D eigenvalue weighted by Crippen LogP contribution is 2.58. The van der Waals surface area contributed by atoms with Gasteiger partial charge in [-0.05, 0) is 165 Å². The fourth-order valence-corrected chi connectivity index (χ4v) is 12.3. The van der Waals surface area contributed by atoms with Crippen LogP contribution in [0.25, 0.3) is 56.7 Å². The summed E-state index contributed by atoms with van der Waals surface area (Å²) < 4.78 is 0. The summed E-state index contributed by atoms with van der Waals surface area (Å²) in [5.74, 6) is 2.94. The lowest BCUT2D eigenvalue weighted by atomic mass is 9.60. The van der Waals surface area contributed by atoms with Crippen LogP contribution in [-0.4, -0.2) is 0 Å². The topological polar surface area (TPSA) is 3.24 Å². The maximum atomic E-state index is 4.23. The average Bonchev–Trinajstić information content (AvgIpc) is 3.84. The average molecular weight is 790 g/mol. The summed E-state index contributed by atoms with van der Waals surface area (Å²) in [6, 6.07) is 59.2. The van der Waals surface area contributed by atoms with Gasteiger partial charge >= 0.3 is 0 Å². The number of anilines is 3. The maximum absolute atomic E-state index is 4.23. The Bertz CT molecular complexity index is 2800. The van der Waals surface area contributed by atoms with Gasteiger partial charge in [0.2, 0.25) is 0 Å². The van der Waals surface area contributed by atoms with Crippen LogP contribution in [0.5, 0.6) is 0 Å². The third-order valence-corrected chi connectivity index (χ3v) is 15.4. The number of para-hydroxylation sites is 1. The summed E-state index contributed by atoms with van der Waals surface area (Å²) in [5, 5.41) is 0. The SMILES string of the molecule is C=Cc1cccc(-c2ccccc2N(c2ccc(-c3ccc(-c4ccc(C56CCC(CC7CC(C7)C5)C6)cc4)cc3)cc2)c2ccc3c(c2)C(C)(C)c2ccccc2-3)c1C=C. The number of benzene rings is 7. The van der Waals surface area contributed by atoms with Gasteiger partial charge in [0.05, 0.1) is 5.69 Å². The Balaban J connectivity index is 0.932. The molecule has 4 bridgehead atoms. The smallest absolute Gasteiger partial charge is 0.0540 e. The summed E-state index contributed by atoms with van der Waals surface area (Å²) >= 11 is 0. The van der Waals surface area contributed by atoms with Crippen LogP contribution in [0.15, 0.2) is 171 Å². The third kappa shape index (κ3) is 6.35. The first-order valence-electron chi connectivity index (χ1n) is 22.7. The van der Waals surface area contributed by atoms with E-state index in [0.29, 0.717) is 5.41 Å². The normalized spacial score (nSPS) is 21.6. The van der Waals surface area contributed by atoms with E-state index < -0.39 is 0 Å². The Morgan fingerprint density at radius 3 is 1.79 bits per heavy atom. The van der Waals surface area contributed by atoms with E-state index >= 15 is 0 Å². The Morgan fingerprint density at radius 2 is 1.08 bits per heavy atom. The van der Waals surface area contributed by atoms with Crippen LogP contribution in [0.2, 0.25) is 0 Å². The van der Waals surface area contributed by atoms with Gasteiger partial charge in [0.25, 0.3) is 0 Å². The van der Waals surface area contributed by atoms with E-state index in [1.807, 2.05) is 12.2 Å². The van der Waals surface area contributed by atoms with Gasteiger partial charge in [0.1, 0.15) is 0 Å². The molecular weight excluding hydrogens is 735 g/mol. The van der Waals surface area contributed by atoms with Crippen molar-refractivity contribution in [3.05, 3.63) is 199 Å². The minimum absolute atomic E-state index is 0.118. The molecule has 61 heavy (non-hydrogen) atoms. The molecule has 5 aliphatic carbocycles. The molecule has 1 heteroatoms. The molecule has 5 aliphatic rings. The van der Waals surface area contributed by atoms with Crippen LogP contribution in [-0.2, 0) is 10.8 Å². The number of hydrogen-bond acceptors (Lipinski definition) is 1. The second-order valence-electron chi connectivity index (χ2n) is 19.2. The molecule has 0 amide bonds. The van der Waals surface area contributed by atoms with E-state index in [4.69, 9.17) is 0 Å². The van der Waals surface area contributed by atoms with Crippen molar-refractivity contribution >= 4 is 29.2 Å². The molecule has 2 atom stereocenters. The molecule has 1 nitrogen and oxygen atoms in total. The molecule has 0 N–H and O–H groups in total. The van der Waals surface area contributed by atoms with E-state index in [2.05, 4.69) is 190 Å². The fraction of sp³-hybridized carbons (Fsp3) is 0.233. The van der Waals surface area contributed by atoms with Crippen molar-refractivity contribution in [2.24, 2.45) is 17.8 Å². The van der Waals surface area contributed by atoms with Crippen LogP contribution < -0.4 is 4.90 Å². The summed E-state index contributed by atoms with van der Waals surface area (Å²) in [7, 11) is 0. The fourth-order valence-electron chi connectivity index (χ4n) is 12.3. The highest BCUT2D eigenvalue weighted by molar-refractivity contribution is 5.93. The van der Waals surface area contributed by atoms with Crippen molar-refractivity contribution in [2.75, 3.05) is 4.90 Å². The molecule has 2 unspecified atom stereocenters. The van der Waals surface area contributed by atoms with Gasteiger partial charge in [0.15, 0.2) is 0 Å². The largest absolute Gasteiger partial charge is 0.310 e. The second-order valence-corrected chi connectivity index (χ2v) is 19.2. The quantitative estimate of drug-likeness (QED) is 0.141. The Morgan fingerprint density at radius 1 is 0.508 bits per heavy atom. The zero-order valence-electron chi connectivity index (χ0n) is 35.7. The number of fused-ring (bicyclic) bond motifs is 3. The van der Waals surface area contributed by atoms with Crippen molar-refractivity contribution in [3.63, 3.8) is 0 Å². The van der Waals surface area contributed by atoms with E-state index in [-0.39, 0.29) is 5.41 Å². The summed E-state index contributed by atoms with van der Waals surface area (Å²) in [6.45, 7) is 13.1. The standard InChI is InChI=1S/C60H55N/c1-5-43-12-11-15-52(51(43)6-2)55-14-8-10-17-58(55)61(50-30-31-54-53-13-7-9-16-56(53)59(3,4)57(54)37-50)49-28-24-47(25-29-49)45-20-18-44(19-21-45)46-22-26-48(27-23-46)60-33-32-40(38-60)34-41-35-42(36-41)39-60/h5-31,37,40-42H,1-2,32-36,38-39H2,3-4H3. The predicted octanol–water partition coefficient (Wildman–Crippen LogP) is 16.6. The molecule has 12 rings (SSSR count). The zero-order valence-corrected chi connectivity index (χ0v) is 35.7. The second kappa shape index (κ2) is 14.8. The van der Waals surface area contributed by atoms with Crippen LogP contribution >= 0.6 is 0 Å². The van der Waals surface area contributed by atoms with Crippen molar-refractivity contribution in [2.45, 2.75) is 69.6 Å². The van der Waals surface area contributed by atoms with Crippen LogP contribution in [0.1, 0.15) is 86.6 Å². The van der Waals surface area contributed by atoms with E-state index in [9.17, 15) is 0 Å². The molecule has 0 saturated heterocycles. The molecule has 300 valence electrons. The van der Waals surface area contributed by atoms with Gasteiger partial charge in [0, 0.05) is 22.4 Å². The Hall–Kier alpha value is -6.18. The molecule has 4 fully saturated rings. The Labute approximate surface area is 363 Å². The molecule has 0 heterocycles. The minimum atomic E-state index is -0.118. The van der Waals surface area contributed by atoms with Crippen molar-refractivity contribution < 1.29 is 0 Å². The maximum Gasteiger partial charge on any atom is 0.0540 e. The number of nitrogens with zero attached hydrogens (tertiary/aromatic N) is 1. The van der Waals surface area contributed by atoms with Crippen LogP contribution in [0, 0.1) is 17.8 Å². The highest BCUT2D eigenvalue weighted by Gasteiger charge is 2.48. The lowest BCUT2D eigenvalue weighted by Crippen LogP contribution is -2.36. The van der Waals surface area contributed by atoms with Gasteiger partial charge in [-0.3, -0.25) is 0 Å². The first-order valence-corrected chi connectivity index (χ1v) is 22.7. The molecule has 7 aromatic carbocycles. The Kier molecular flexibility index (Phi) is 9.15. The van der Waals surface area contributed by atoms with Gasteiger partial charge in [-0.15, -0.1) is 0 Å². The van der Waals surface area contributed by atoms with E-state index in [1.54, 1.807) is 5.56 Å². The molecule has 0 radical (unpaired) electrons. The van der Waals surface area contributed by atoms with Crippen molar-refractivity contribution in [1.82, 2.24) is 0 Å². The predicted molar refractivity (Wildman–Crippen MR) is 260 cm³/mol. The number of rotatable bonds is 9. The van der Waals surface area contributed by atoms with E-state index in [0.717, 1.165) is 57.1 Å². The summed E-state index contributed by atoms with van der Waals surface area (Å²) in [4.78, 5) is 2.43. The highest BCUT2D eigenvalue weighted by atomic mass is 15.1. The van der Waals surface area contributed by atoms with Gasteiger partial charge < -0.3 is 4.90 Å². The first-order chi connectivity index (χ1) is 29.8. The molecular formula is C60H55N. The monoisotopic (exact) mass is 789 g/mol. The lowest BCUT2D eigenvalue weighted by Gasteiger charge is -2.45. The van der Waals surface area contributed by atoms with Gasteiger partial charge in [-0.25, -0.2) is 0 Å². The molecule has 0 spiro atoms. The third-order valence-electron chi connectivity index (χ3n) is 15.4.